The lowest BCUT2D eigenvalue weighted by molar-refractivity contribution is -0.116. The van der Waals surface area contributed by atoms with Crippen LogP contribution in [0, 0.1) is 6.92 Å². The summed E-state index contributed by atoms with van der Waals surface area (Å²) in [4.78, 5) is 24.3. The average Bonchev–Trinajstić information content (AvgIpc) is 2.82. The third-order valence-corrected chi connectivity index (χ3v) is 6.37. The second-order valence-electron chi connectivity index (χ2n) is 7.59. The summed E-state index contributed by atoms with van der Waals surface area (Å²) in [6, 6.07) is 19.7. The molecule has 0 aliphatic heterocycles. The molecule has 0 radical (unpaired) electrons. The summed E-state index contributed by atoms with van der Waals surface area (Å²) >= 11 is 0. The fourth-order valence-electron chi connectivity index (χ4n) is 3.17. The summed E-state index contributed by atoms with van der Waals surface area (Å²) in [6.07, 6.45) is 0.0165. The van der Waals surface area contributed by atoms with Gasteiger partial charge in [0, 0.05) is 30.0 Å². The molecular formula is C25H28N4O5S. The average molecular weight is 497 g/mol. The molecule has 0 unspecified atom stereocenters. The number of rotatable bonds is 10. The molecule has 0 aliphatic rings. The maximum absolute atomic E-state index is 13.0. The number of benzene rings is 3. The van der Waals surface area contributed by atoms with Gasteiger partial charge in [0.25, 0.3) is 10.0 Å². The van der Waals surface area contributed by atoms with Gasteiger partial charge in [-0.05, 0) is 67.9 Å². The maximum Gasteiger partial charge on any atom is 0.319 e. The van der Waals surface area contributed by atoms with Crippen molar-refractivity contribution in [3.63, 3.8) is 0 Å². The van der Waals surface area contributed by atoms with E-state index in [0.29, 0.717) is 35.0 Å². The van der Waals surface area contributed by atoms with Crippen LogP contribution in [0.2, 0.25) is 0 Å². The molecule has 184 valence electrons. The number of hydrogen-bond donors (Lipinski definition) is 4. The molecule has 0 saturated carbocycles. The predicted molar refractivity (Wildman–Crippen MR) is 136 cm³/mol. The first-order valence-electron chi connectivity index (χ1n) is 11.0. The first kappa shape index (κ1) is 25.6. The van der Waals surface area contributed by atoms with Crippen molar-refractivity contribution < 1.29 is 22.7 Å². The van der Waals surface area contributed by atoms with E-state index in [1.54, 1.807) is 67.6 Å². The lowest BCUT2D eigenvalue weighted by Gasteiger charge is -2.13. The highest BCUT2D eigenvalue weighted by Crippen LogP contribution is 2.24. The molecule has 0 heterocycles. The van der Waals surface area contributed by atoms with E-state index < -0.39 is 16.1 Å². The Morgan fingerprint density at radius 3 is 2.23 bits per heavy atom. The lowest BCUT2D eigenvalue weighted by atomic mass is 10.2. The molecule has 35 heavy (non-hydrogen) atoms. The van der Waals surface area contributed by atoms with Gasteiger partial charge in [-0.3, -0.25) is 9.52 Å². The van der Waals surface area contributed by atoms with Crippen molar-refractivity contribution in [2.24, 2.45) is 0 Å². The van der Waals surface area contributed by atoms with Gasteiger partial charge in [0.05, 0.1) is 11.5 Å². The number of carbonyl (C=O) groups excluding carboxylic acids is 2. The van der Waals surface area contributed by atoms with Gasteiger partial charge in [-0.25, -0.2) is 13.2 Å². The molecule has 4 N–H and O–H groups in total. The summed E-state index contributed by atoms with van der Waals surface area (Å²) in [7, 11) is -3.89. The van der Waals surface area contributed by atoms with Crippen molar-refractivity contribution in [2.75, 3.05) is 28.5 Å². The number of aryl methyl sites for hydroxylation is 1. The Kier molecular flexibility index (Phi) is 8.69. The zero-order chi connectivity index (χ0) is 25.3. The fraction of sp³-hybridized carbons (Fsp3) is 0.200. The van der Waals surface area contributed by atoms with E-state index in [1.807, 2.05) is 13.0 Å². The summed E-state index contributed by atoms with van der Waals surface area (Å²) in [5.74, 6) is 0.278. The molecule has 0 fully saturated rings. The highest BCUT2D eigenvalue weighted by Gasteiger charge is 2.18. The molecule has 3 amide bonds. The van der Waals surface area contributed by atoms with E-state index in [0.717, 1.165) is 0 Å². The quantitative estimate of drug-likeness (QED) is 0.332. The molecule has 0 atom stereocenters. The second-order valence-corrected chi connectivity index (χ2v) is 9.24. The van der Waals surface area contributed by atoms with Gasteiger partial charge in [-0.2, -0.15) is 0 Å². The monoisotopic (exact) mass is 496 g/mol. The van der Waals surface area contributed by atoms with Gasteiger partial charge < -0.3 is 20.7 Å². The predicted octanol–water partition coefficient (Wildman–Crippen LogP) is 4.34. The smallest absolute Gasteiger partial charge is 0.319 e. The molecule has 3 rings (SSSR count). The Labute approximate surface area is 204 Å². The number of carbonyl (C=O) groups is 2. The van der Waals surface area contributed by atoms with E-state index in [4.69, 9.17) is 4.74 Å². The van der Waals surface area contributed by atoms with Crippen molar-refractivity contribution in [1.82, 2.24) is 5.32 Å². The standard InChI is InChI=1S/C25H28N4O5S/c1-3-34-22-13-11-20(12-14-22)29-35(32,33)23-17-21(10-9-18(23)2)27-24(30)15-16-26-25(31)28-19-7-5-4-6-8-19/h4-14,17,29H,3,15-16H2,1-2H3,(H,27,30)(H2,26,28,31). The van der Waals surface area contributed by atoms with Crippen molar-refractivity contribution in [3.05, 3.63) is 78.4 Å². The zero-order valence-electron chi connectivity index (χ0n) is 19.5. The third kappa shape index (κ3) is 7.75. The molecule has 10 heteroatoms. The van der Waals surface area contributed by atoms with E-state index in [9.17, 15) is 18.0 Å². The summed E-state index contributed by atoms with van der Waals surface area (Å²) in [5.41, 5.74) is 1.89. The molecule has 0 saturated heterocycles. The number of nitrogens with one attached hydrogen (secondary N) is 4. The number of ether oxygens (including phenoxy) is 1. The number of amides is 3. The van der Waals surface area contributed by atoms with Crippen LogP contribution in [0.5, 0.6) is 5.75 Å². The van der Waals surface area contributed by atoms with Crippen LogP contribution in [0.1, 0.15) is 18.9 Å². The van der Waals surface area contributed by atoms with Crippen LogP contribution >= 0.6 is 0 Å². The number of hydrogen-bond acceptors (Lipinski definition) is 5. The topological polar surface area (TPSA) is 126 Å². The summed E-state index contributed by atoms with van der Waals surface area (Å²) in [6.45, 7) is 4.17. The van der Waals surface area contributed by atoms with Crippen molar-refractivity contribution in [3.8, 4) is 5.75 Å². The molecule has 9 nitrogen and oxygen atoms in total. The summed E-state index contributed by atoms with van der Waals surface area (Å²) < 4.78 is 33.8. The maximum atomic E-state index is 13.0. The number of para-hydroxylation sites is 1. The summed E-state index contributed by atoms with van der Waals surface area (Å²) in [5, 5.41) is 7.94. The minimum atomic E-state index is -3.89. The van der Waals surface area contributed by atoms with Gasteiger partial charge >= 0.3 is 6.03 Å². The van der Waals surface area contributed by atoms with Crippen molar-refractivity contribution in [2.45, 2.75) is 25.2 Å². The Hall–Kier alpha value is -4.05. The Balaban J connectivity index is 1.56. The first-order valence-corrected chi connectivity index (χ1v) is 12.5. The Bertz CT molecular complexity index is 1260. The van der Waals surface area contributed by atoms with Crippen molar-refractivity contribution in [1.29, 1.82) is 0 Å². The number of sulfonamides is 1. The van der Waals surface area contributed by atoms with Crippen LogP contribution < -0.4 is 25.4 Å². The molecule has 0 bridgehead atoms. The van der Waals surface area contributed by atoms with Crippen LogP contribution in [0.25, 0.3) is 0 Å². The number of anilines is 3. The third-order valence-electron chi connectivity index (χ3n) is 4.85. The van der Waals surface area contributed by atoms with E-state index in [-0.39, 0.29) is 23.8 Å². The zero-order valence-corrected chi connectivity index (χ0v) is 20.3. The molecule has 0 aliphatic carbocycles. The molecule has 3 aromatic rings. The van der Waals surface area contributed by atoms with E-state index in [2.05, 4.69) is 20.7 Å². The Morgan fingerprint density at radius 1 is 0.857 bits per heavy atom. The molecule has 0 aromatic heterocycles. The van der Waals surface area contributed by atoms with Gasteiger partial charge in [0.2, 0.25) is 5.91 Å². The molecule has 0 spiro atoms. The minimum absolute atomic E-state index is 0.0165. The molecular weight excluding hydrogens is 468 g/mol. The van der Waals surface area contributed by atoms with Gasteiger partial charge in [0.15, 0.2) is 0 Å². The number of urea groups is 1. The van der Waals surface area contributed by atoms with E-state index >= 15 is 0 Å². The van der Waals surface area contributed by atoms with Crippen LogP contribution in [-0.4, -0.2) is 33.5 Å². The lowest BCUT2D eigenvalue weighted by Crippen LogP contribution is -2.31. The van der Waals surface area contributed by atoms with Gasteiger partial charge in [-0.1, -0.05) is 24.3 Å². The Morgan fingerprint density at radius 2 is 1.54 bits per heavy atom. The first-order chi connectivity index (χ1) is 16.8. The van der Waals surface area contributed by atoms with Crippen LogP contribution in [0.15, 0.2) is 77.7 Å². The van der Waals surface area contributed by atoms with Gasteiger partial charge in [-0.15, -0.1) is 0 Å². The van der Waals surface area contributed by atoms with Crippen LogP contribution in [-0.2, 0) is 14.8 Å². The highest BCUT2D eigenvalue weighted by molar-refractivity contribution is 7.92. The largest absolute Gasteiger partial charge is 0.494 e. The van der Waals surface area contributed by atoms with Gasteiger partial charge in [0.1, 0.15) is 5.75 Å². The van der Waals surface area contributed by atoms with Crippen molar-refractivity contribution >= 4 is 39.0 Å². The normalized spacial score (nSPS) is 10.8. The van der Waals surface area contributed by atoms with Crippen LogP contribution in [0.4, 0.5) is 21.9 Å². The minimum Gasteiger partial charge on any atom is -0.494 e. The molecule has 3 aromatic carbocycles. The SMILES string of the molecule is CCOc1ccc(NS(=O)(=O)c2cc(NC(=O)CCNC(=O)Nc3ccccc3)ccc2C)cc1. The second kappa shape index (κ2) is 11.9. The van der Waals surface area contributed by atoms with Crippen LogP contribution in [0.3, 0.4) is 0 Å². The highest BCUT2D eigenvalue weighted by atomic mass is 32.2. The fourth-order valence-corrected chi connectivity index (χ4v) is 4.50. The van der Waals surface area contributed by atoms with E-state index in [1.165, 1.54) is 6.07 Å².